The quantitative estimate of drug-likeness (QED) is 0.752. The maximum Gasteiger partial charge on any atom is 0.254 e. The first-order chi connectivity index (χ1) is 11.5. The number of hydrogen-bond acceptors (Lipinski definition) is 3. The van der Waals surface area contributed by atoms with Gasteiger partial charge in [-0.15, -0.1) is 0 Å². The van der Waals surface area contributed by atoms with Crippen molar-refractivity contribution in [3.05, 3.63) is 65.8 Å². The average molecular weight is 326 g/mol. The van der Waals surface area contributed by atoms with Gasteiger partial charge in [0.25, 0.3) is 5.91 Å². The summed E-state index contributed by atoms with van der Waals surface area (Å²) in [5, 5.41) is 2.85. The van der Waals surface area contributed by atoms with Crippen molar-refractivity contribution >= 4 is 17.0 Å². The maximum atomic E-state index is 13.8. The second kappa shape index (κ2) is 6.83. The first kappa shape index (κ1) is 16.2. The molecule has 0 unspecified atom stereocenters. The van der Waals surface area contributed by atoms with Crippen molar-refractivity contribution in [2.75, 3.05) is 0 Å². The van der Waals surface area contributed by atoms with Gasteiger partial charge in [-0.25, -0.2) is 9.37 Å². The Morgan fingerprint density at radius 2 is 1.88 bits per heavy atom. The second-order valence-electron chi connectivity index (χ2n) is 6.16. The molecule has 2 aromatic carbocycles. The van der Waals surface area contributed by atoms with Gasteiger partial charge in [-0.2, -0.15) is 0 Å². The van der Waals surface area contributed by atoms with E-state index in [2.05, 4.69) is 10.3 Å². The number of nitrogens with zero attached hydrogens (tertiary/aromatic N) is 1. The number of carbonyl (C=O) groups excluding carboxylic acids is 1. The van der Waals surface area contributed by atoms with Crippen LogP contribution in [0.5, 0.6) is 0 Å². The molecule has 24 heavy (non-hydrogen) atoms. The molecule has 1 N–H and O–H groups in total. The van der Waals surface area contributed by atoms with E-state index in [0.717, 1.165) is 5.52 Å². The van der Waals surface area contributed by atoms with E-state index in [1.165, 1.54) is 12.1 Å². The van der Waals surface area contributed by atoms with Gasteiger partial charge < -0.3 is 9.73 Å². The van der Waals surface area contributed by atoms with Crippen molar-refractivity contribution in [3.63, 3.8) is 0 Å². The summed E-state index contributed by atoms with van der Waals surface area (Å²) in [5.41, 5.74) is 1.42. The van der Waals surface area contributed by atoms with Gasteiger partial charge in [0.15, 0.2) is 5.58 Å². The number of oxazole rings is 1. The second-order valence-corrected chi connectivity index (χ2v) is 6.16. The Kier molecular flexibility index (Phi) is 4.60. The molecule has 124 valence electrons. The summed E-state index contributed by atoms with van der Waals surface area (Å²) in [6, 6.07) is 12.9. The molecule has 0 bridgehead atoms. The molecular weight excluding hydrogens is 307 g/mol. The normalized spacial score (nSPS) is 12.5. The molecule has 5 heteroatoms. The lowest BCUT2D eigenvalue weighted by molar-refractivity contribution is 0.0921. The number of para-hydroxylation sites is 2. The molecule has 4 nitrogen and oxygen atoms in total. The molecule has 0 saturated heterocycles. The lowest BCUT2D eigenvalue weighted by Crippen LogP contribution is -2.30. The molecule has 0 spiro atoms. The average Bonchev–Trinajstić information content (AvgIpc) is 2.98. The van der Waals surface area contributed by atoms with E-state index in [9.17, 15) is 9.18 Å². The SMILES string of the molecule is CC(C)C[C@@H](NC(=O)c1ccccc1F)c1nc2ccccc2o1. The Balaban J connectivity index is 1.89. The van der Waals surface area contributed by atoms with Crippen molar-refractivity contribution in [1.82, 2.24) is 10.3 Å². The third-order valence-corrected chi connectivity index (χ3v) is 3.74. The van der Waals surface area contributed by atoms with Gasteiger partial charge >= 0.3 is 0 Å². The molecule has 0 aliphatic heterocycles. The zero-order chi connectivity index (χ0) is 17.1. The van der Waals surface area contributed by atoms with Gasteiger partial charge in [0.05, 0.1) is 5.56 Å². The van der Waals surface area contributed by atoms with E-state index in [0.29, 0.717) is 23.8 Å². The number of aromatic nitrogens is 1. The lowest BCUT2D eigenvalue weighted by atomic mass is 10.0. The van der Waals surface area contributed by atoms with E-state index in [4.69, 9.17) is 4.42 Å². The molecule has 0 fully saturated rings. The number of fused-ring (bicyclic) bond motifs is 1. The number of halogens is 1. The monoisotopic (exact) mass is 326 g/mol. The fourth-order valence-corrected chi connectivity index (χ4v) is 2.61. The minimum Gasteiger partial charge on any atom is -0.438 e. The fraction of sp³-hybridized carbons (Fsp3) is 0.263. The predicted molar refractivity (Wildman–Crippen MR) is 90.1 cm³/mol. The summed E-state index contributed by atoms with van der Waals surface area (Å²) < 4.78 is 19.6. The summed E-state index contributed by atoms with van der Waals surface area (Å²) >= 11 is 0. The Labute approximate surface area is 139 Å². The summed E-state index contributed by atoms with van der Waals surface area (Å²) in [7, 11) is 0. The summed E-state index contributed by atoms with van der Waals surface area (Å²) in [4.78, 5) is 16.9. The standard InChI is InChI=1S/C19H19FN2O2/c1-12(2)11-16(19-22-15-9-5-6-10-17(15)24-19)21-18(23)13-7-3-4-8-14(13)20/h3-10,12,16H,11H2,1-2H3,(H,21,23)/t16-/m1/s1. The molecule has 3 rings (SSSR count). The molecule has 0 radical (unpaired) electrons. The van der Waals surface area contributed by atoms with Crippen LogP contribution in [0.1, 0.15) is 42.6 Å². The highest BCUT2D eigenvalue weighted by Crippen LogP contribution is 2.25. The minimum absolute atomic E-state index is 0.0161. The molecule has 1 atom stereocenters. The van der Waals surface area contributed by atoms with Crippen LogP contribution in [0.25, 0.3) is 11.1 Å². The van der Waals surface area contributed by atoms with Gasteiger partial charge in [0.1, 0.15) is 17.4 Å². The summed E-state index contributed by atoms with van der Waals surface area (Å²) in [5.74, 6) is -0.266. The third-order valence-electron chi connectivity index (χ3n) is 3.74. The van der Waals surface area contributed by atoms with E-state index < -0.39 is 17.8 Å². The van der Waals surface area contributed by atoms with Gasteiger partial charge in [0.2, 0.25) is 5.89 Å². The topological polar surface area (TPSA) is 55.1 Å². The lowest BCUT2D eigenvalue weighted by Gasteiger charge is -2.17. The number of rotatable bonds is 5. The van der Waals surface area contributed by atoms with Crippen LogP contribution in [0, 0.1) is 11.7 Å². The third kappa shape index (κ3) is 3.45. The van der Waals surface area contributed by atoms with Gasteiger partial charge in [-0.1, -0.05) is 38.1 Å². The van der Waals surface area contributed by atoms with Gasteiger partial charge in [-0.3, -0.25) is 4.79 Å². The summed E-state index contributed by atoms with van der Waals surface area (Å²) in [6.45, 7) is 4.09. The van der Waals surface area contributed by atoms with Crippen LogP contribution >= 0.6 is 0 Å². The van der Waals surface area contributed by atoms with Crippen LogP contribution in [-0.2, 0) is 0 Å². The highest BCUT2D eigenvalue weighted by molar-refractivity contribution is 5.94. The molecular formula is C19H19FN2O2. The number of nitrogens with one attached hydrogen (secondary N) is 1. The maximum absolute atomic E-state index is 13.8. The fourth-order valence-electron chi connectivity index (χ4n) is 2.61. The van der Waals surface area contributed by atoms with E-state index >= 15 is 0 Å². The van der Waals surface area contributed by atoms with Crippen LogP contribution in [0.2, 0.25) is 0 Å². The molecule has 0 aliphatic rings. The van der Waals surface area contributed by atoms with Crippen molar-refractivity contribution in [2.45, 2.75) is 26.3 Å². The zero-order valence-electron chi connectivity index (χ0n) is 13.6. The highest BCUT2D eigenvalue weighted by Gasteiger charge is 2.23. The number of amides is 1. The Hall–Kier alpha value is -2.69. The minimum atomic E-state index is -0.545. The van der Waals surface area contributed by atoms with Crippen molar-refractivity contribution in [2.24, 2.45) is 5.92 Å². The molecule has 1 aromatic heterocycles. The van der Waals surface area contributed by atoms with E-state index in [1.54, 1.807) is 12.1 Å². The van der Waals surface area contributed by atoms with Crippen LogP contribution in [0.3, 0.4) is 0 Å². The Bertz CT molecular complexity index is 824. The van der Waals surface area contributed by atoms with E-state index in [1.807, 2.05) is 38.1 Å². The molecule has 1 amide bonds. The van der Waals surface area contributed by atoms with Gasteiger partial charge in [-0.05, 0) is 36.6 Å². The van der Waals surface area contributed by atoms with Crippen LogP contribution < -0.4 is 5.32 Å². The molecule has 0 aliphatic carbocycles. The first-order valence-corrected chi connectivity index (χ1v) is 7.95. The van der Waals surface area contributed by atoms with Crippen molar-refractivity contribution in [1.29, 1.82) is 0 Å². The molecule has 0 saturated carbocycles. The Morgan fingerprint density at radius 3 is 2.58 bits per heavy atom. The van der Waals surface area contributed by atoms with Crippen LogP contribution in [0.15, 0.2) is 52.9 Å². The predicted octanol–water partition coefficient (Wildman–Crippen LogP) is 4.48. The molecule has 1 heterocycles. The summed E-state index contributed by atoms with van der Waals surface area (Å²) in [6.07, 6.45) is 0.646. The van der Waals surface area contributed by atoms with Crippen LogP contribution in [0.4, 0.5) is 4.39 Å². The van der Waals surface area contributed by atoms with Crippen LogP contribution in [-0.4, -0.2) is 10.9 Å². The van der Waals surface area contributed by atoms with Gasteiger partial charge in [0, 0.05) is 0 Å². The largest absolute Gasteiger partial charge is 0.438 e. The molecule has 3 aromatic rings. The highest BCUT2D eigenvalue weighted by atomic mass is 19.1. The zero-order valence-corrected chi connectivity index (χ0v) is 13.6. The number of carbonyl (C=O) groups is 1. The van der Waals surface area contributed by atoms with E-state index in [-0.39, 0.29) is 5.56 Å². The Morgan fingerprint density at radius 1 is 1.17 bits per heavy atom. The smallest absolute Gasteiger partial charge is 0.254 e. The van der Waals surface area contributed by atoms with Crippen molar-refractivity contribution in [3.8, 4) is 0 Å². The number of hydrogen-bond donors (Lipinski definition) is 1. The number of benzene rings is 2. The first-order valence-electron chi connectivity index (χ1n) is 7.95. The van der Waals surface area contributed by atoms with Crippen molar-refractivity contribution < 1.29 is 13.6 Å².